The van der Waals surface area contributed by atoms with Gasteiger partial charge in [0.1, 0.15) is 6.54 Å². The normalized spacial score (nSPS) is 15.5. The topological polar surface area (TPSA) is 98.7 Å². The van der Waals surface area contributed by atoms with E-state index in [9.17, 15) is 9.59 Å². The van der Waals surface area contributed by atoms with E-state index in [-0.39, 0.29) is 30.8 Å². The molecule has 0 atom stereocenters. The highest BCUT2D eigenvalue weighted by Crippen LogP contribution is 2.18. The van der Waals surface area contributed by atoms with Gasteiger partial charge in [0.2, 0.25) is 5.91 Å². The highest BCUT2D eigenvalue weighted by atomic mass is 16.5. The van der Waals surface area contributed by atoms with Crippen LogP contribution in [0.4, 0.5) is 0 Å². The van der Waals surface area contributed by atoms with E-state index in [1.807, 2.05) is 0 Å². The lowest BCUT2D eigenvalue weighted by atomic mass is 10.2. The highest BCUT2D eigenvalue weighted by molar-refractivity contribution is 5.82. The number of hydrogen-bond acceptors (Lipinski definition) is 7. The minimum Gasteiger partial charge on any atom is -0.459 e. The maximum atomic E-state index is 11.9. The first-order chi connectivity index (χ1) is 11.2. The largest absolute Gasteiger partial charge is 0.459 e. The third-order valence-corrected chi connectivity index (χ3v) is 3.55. The van der Waals surface area contributed by atoms with Crippen molar-refractivity contribution < 1.29 is 23.2 Å². The quantitative estimate of drug-likeness (QED) is 0.774. The molecule has 1 saturated heterocycles. The second-order valence-electron chi connectivity index (χ2n) is 5.26. The first kappa shape index (κ1) is 15.3. The molecule has 0 saturated carbocycles. The predicted molar refractivity (Wildman–Crippen MR) is 76.8 cm³/mol. The van der Waals surface area contributed by atoms with Gasteiger partial charge in [-0.15, -0.1) is 10.2 Å². The van der Waals surface area contributed by atoms with Crippen LogP contribution in [0.2, 0.25) is 0 Å². The molecule has 0 unspecified atom stereocenters. The van der Waals surface area contributed by atoms with Crippen LogP contribution in [-0.2, 0) is 20.9 Å². The summed E-state index contributed by atoms with van der Waals surface area (Å²) in [6, 6.07) is 3.39. The Bertz CT molecular complexity index is 664. The van der Waals surface area contributed by atoms with Crippen LogP contribution in [-0.4, -0.2) is 40.1 Å². The van der Waals surface area contributed by atoms with Crippen molar-refractivity contribution in [3.8, 4) is 11.7 Å². The summed E-state index contributed by atoms with van der Waals surface area (Å²) in [5, 5.41) is 7.60. The Hall–Kier alpha value is -2.64. The molecular weight excluding hydrogens is 302 g/mol. The number of hydrogen-bond donors (Lipinski definition) is 0. The van der Waals surface area contributed by atoms with E-state index < -0.39 is 5.97 Å². The molecule has 122 valence electrons. The van der Waals surface area contributed by atoms with Gasteiger partial charge in [0, 0.05) is 13.0 Å². The lowest BCUT2D eigenvalue weighted by molar-refractivity contribution is -0.150. The number of carbonyl (C=O) groups is 2. The molecule has 0 bridgehead atoms. The lowest BCUT2D eigenvalue weighted by Crippen LogP contribution is -2.35. The summed E-state index contributed by atoms with van der Waals surface area (Å²) in [6.07, 6.45) is 4.78. The van der Waals surface area contributed by atoms with Crippen LogP contribution in [0.5, 0.6) is 0 Å². The van der Waals surface area contributed by atoms with E-state index in [4.69, 9.17) is 13.6 Å². The summed E-state index contributed by atoms with van der Waals surface area (Å²) < 4.78 is 15.6. The predicted octanol–water partition coefficient (Wildman–Crippen LogP) is 1.78. The van der Waals surface area contributed by atoms with Crippen molar-refractivity contribution >= 4 is 11.9 Å². The van der Waals surface area contributed by atoms with Gasteiger partial charge in [0.25, 0.3) is 11.8 Å². The van der Waals surface area contributed by atoms with Crippen molar-refractivity contribution in [2.24, 2.45) is 0 Å². The van der Waals surface area contributed by atoms with Crippen molar-refractivity contribution in [2.45, 2.75) is 32.3 Å². The number of rotatable bonds is 5. The van der Waals surface area contributed by atoms with Gasteiger partial charge in [-0.05, 0) is 25.0 Å². The molecule has 1 aliphatic rings. The second kappa shape index (κ2) is 7.08. The van der Waals surface area contributed by atoms with Crippen LogP contribution in [0.3, 0.4) is 0 Å². The van der Waals surface area contributed by atoms with Crippen molar-refractivity contribution in [3.05, 3.63) is 24.3 Å². The standard InChI is InChI=1S/C15H17N3O5/c19-13-6-2-1-3-7-18(13)9-14(20)22-10-12-16-17-15(23-12)11-5-4-8-21-11/h4-5,8H,1-3,6-7,9-10H2. The molecule has 23 heavy (non-hydrogen) atoms. The van der Waals surface area contributed by atoms with E-state index in [0.29, 0.717) is 18.7 Å². The van der Waals surface area contributed by atoms with Gasteiger partial charge in [0.15, 0.2) is 12.4 Å². The van der Waals surface area contributed by atoms with E-state index in [1.54, 1.807) is 12.1 Å². The molecule has 3 heterocycles. The Balaban J connectivity index is 1.50. The van der Waals surface area contributed by atoms with E-state index in [0.717, 1.165) is 19.3 Å². The van der Waals surface area contributed by atoms with Crippen molar-refractivity contribution in [1.29, 1.82) is 0 Å². The van der Waals surface area contributed by atoms with Gasteiger partial charge >= 0.3 is 5.97 Å². The molecule has 0 N–H and O–H groups in total. The third kappa shape index (κ3) is 3.97. The number of amides is 1. The number of nitrogens with zero attached hydrogens (tertiary/aromatic N) is 3. The Morgan fingerprint density at radius 2 is 2.22 bits per heavy atom. The van der Waals surface area contributed by atoms with Crippen molar-refractivity contribution in [1.82, 2.24) is 15.1 Å². The van der Waals surface area contributed by atoms with E-state index in [1.165, 1.54) is 11.2 Å². The van der Waals surface area contributed by atoms with Gasteiger partial charge < -0.3 is 18.5 Å². The Morgan fingerprint density at radius 3 is 3.04 bits per heavy atom. The molecular formula is C15H17N3O5. The molecule has 1 aliphatic heterocycles. The summed E-state index contributed by atoms with van der Waals surface area (Å²) in [6.45, 7) is 0.420. The van der Waals surface area contributed by atoms with Crippen molar-refractivity contribution in [2.75, 3.05) is 13.1 Å². The number of likely N-dealkylation sites (tertiary alicyclic amines) is 1. The van der Waals surface area contributed by atoms with Crippen LogP contribution in [0.1, 0.15) is 31.6 Å². The molecule has 3 rings (SSSR count). The summed E-state index contributed by atoms with van der Waals surface area (Å²) >= 11 is 0. The molecule has 1 amide bonds. The van der Waals surface area contributed by atoms with Gasteiger partial charge in [0.05, 0.1) is 6.26 Å². The average molecular weight is 319 g/mol. The zero-order chi connectivity index (χ0) is 16.1. The van der Waals surface area contributed by atoms with Crippen LogP contribution in [0, 0.1) is 0 Å². The van der Waals surface area contributed by atoms with Crippen LogP contribution in [0.15, 0.2) is 27.2 Å². The molecule has 0 radical (unpaired) electrons. The van der Waals surface area contributed by atoms with Crippen LogP contribution < -0.4 is 0 Å². The summed E-state index contributed by atoms with van der Waals surface area (Å²) in [5.74, 6) is 0.358. The molecule has 8 nitrogen and oxygen atoms in total. The number of carbonyl (C=O) groups excluding carboxylic acids is 2. The number of esters is 1. The SMILES string of the molecule is O=C(CN1CCCCCC1=O)OCc1nnc(-c2ccco2)o1. The maximum absolute atomic E-state index is 11.9. The molecule has 8 heteroatoms. The van der Waals surface area contributed by atoms with Crippen LogP contribution in [0.25, 0.3) is 11.7 Å². The summed E-state index contributed by atoms with van der Waals surface area (Å²) in [7, 11) is 0. The minimum atomic E-state index is -0.488. The minimum absolute atomic E-state index is 0.00246. The molecule has 2 aromatic rings. The molecule has 0 aromatic carbocycles. The first-order valence-corrected chi connectivity index (χ1v) is 7.52. The molecule has 0 aliphatic carbocycles. The van der Waals surface area contributed by atoms with E-state index >= 15 is 0 Å². The average Bonchev–Trinajstić information content (AvgIpc) is 3.18. The fraction of sp³-hybridized carbons (Fsp3) is 0.467. The summed E-state index contributed by atoms with van der Waals surface area (Å²) in [5.41, 5.74) is 0. The smallest absolute Gasteiger partial charge is 0.326 e. The van der Waals surface area contributed by atoms with Crippen molar-refractivity contribution in [3.63, 3.8) is 0 Å². The van der Waals surface area contributed by atoms with E-state index in [2.05, 4.69) is 10.2 Å². The first-order valence-electron chi connectivity index (χ1n) is 7.52. The van der Waals surface area contributed by atoms with Gasteiger partial charge in [-0.3, -0.25) is 9.59 Å². The lowest BCUT2D eigenvalue weighted by Gasteiger charge is -2.18. The molecule has 0 spiro atoms. The number of aromatic nitrogens is 2. The number of ether oxygens (including phenoxy) is 1. The maximum Gasteiger partial charge on any atom is 0.326 e. The summed E-state index contributed by atoms with van der Waals surface area (Å²) in [4.78, 5) is 25.2. The molecule has 1 fully saturated rings. The van der Waals surface area contributed by atoms with Gasteiger partial charge in [-0.25, -0.2) is 0 Å². The Labute approximate surface area is 132 Å². The zero-order valence-corrected chi connectivity index (χ0v) is 12.6. The van der Waals surface area contributed by atoms with Crippen LogP contribution >= 0.6 is 0 Å². The monoisotopic (exact) mass is 319 g/mol. The second-order valence-corrected chi connectivity index (χ2v) is 5.26. The Morgan fingerprint density at radius 1 is 1.30 bits per heavy atom. The zero-order valence-electron chi connectivity index (χ0n) is 12.6. The van der Waals surface area contributed by atoms with Gasteiger partial charge in [-0.2, -0.15) is 0 Å². The van der Waals surface area contributed by atoms with Gasteiger partial charge in [-0.1, -0.05) is 6.42 Å². The number of furan rings is 1. The fourth-order valence-corrected chi connectivity index (χ4v) is 2.36. The molecule has 2 aromatic heterocycles. The third-order valence-electron chi connectivity index (χ3n) is 3.55. The fourth-order valence-electron chi connectivity index (χ4n) is 2.36. The Kier molecular flexibility index (Phi) is 4.70. The highest BCUT2D eigenvalue weighted by Gasteiger charge is 2.20.